The summed E-state index contributed by atoms with van der Waals surface area (Å²) in [6.07, 6.45) is 2.72. The summed E-state index contributed by atoms with van der Waals surface area (Å²) in [5, 5.41) is 12.3. The number of hydrogen-bond acceptors (Lipinski definition) is 6. The van der Waals surface area contributed by atoms with Crippen molar-refractivity contribution in [3.05, 3.63) is 70.7 Å². The van der Waals surface area contributed by atoms with E-state index in [0.717, 1.165) is 24.0 Å². The Hall–Kier alpha value is -3.43. The molecule has 1 saturated heterocycles. The zero-order chi connectivity index (χ0) is 29.7. The Morgan fingerprint density at radius 3 is 2.44 bits per heavy atom. The van der Waals surface area contributed by atoms with Gasteiger partial charge in [0.25, 0.3) is 5.91 Å². The third kappa shape index (κ3) is 6.73. The first-order chi connectivity index (χ1) is 19.6. The van der Waals surface area contributed by atoms with Gasteiger partial charge in [-0.05, 0) is 67.6 Å². The maximum absolute atomic E-state index is 13.8. The van der Waals surface area contributed by atoms with Crippen LogP contribution in [0.15, 0.2) is 54.6 Å². The van der Waals surface area contributed by atoms with Crippen molar-refractivity contribution in [2.24, 2.45) is 17.6 Å². The molecule has 9 nitrogen and oxygen atoms in total. The second kappa shape index (κ2) is 13.0. The number of nitrogens with one attached hydrogen (secondary N) is 2. The molecule has 4 rings (SSSR count). The fraction of sp³-hybridized carbons (Fsp3) is 0.484. The zero-order valence-electron chi connectivity index (χ0n) is 23.9. The van der Waals surface area contributed by atoms with Gasteiger partial charge in [-0.15, -0.1) is 0 Å². The van der Waals surface area contributed by atoms with E-state index < -0.39 is 29.6 Å². The fourth-order valence-electron chi connectivity index (χ4n) is 5.82. The number of guanidine groups is 1. The van der Waals surface area contributed by atoms with Crippen molar-refractivity contribution in [2.75, 3.05) is 13.7 Å². The van der Waals surface area contributed by atoms with Crippen LogP contribution in [0.2, 0.25) is 5.02 Å². The number of benzene rings is 2. The van der Waals surface area contributed by atoms with Gasteiger partial charge >= 0.3 is 6.09 Å². The molecule has 2 aromatic carbocycles. The molecule has 3 amide bonds. The monoisotopic (exact) mass is 581 g/mol. The predicted molar refractivity (Wildman–Crippen MR) is 158 cm³/mol. The van der Waals surface area contributed by atoms with E-state index in [2.05, 4.69) is 19.2 Å². The predicted octanol–water partition coefficient (Wildman–Crippen LogP) is 4.67. The summed E-state index contributed by atoms with van der Waals surface area (Å²) in [5.41, 5.74) is 6.87. The molecule has 2 aliphatic rings. The number of nitrogens with zero attached hydrogens (tertiary/aromatic N) is 2. The highest BCUT2D eigenvalue weighted by Crippen LogP contribution is 2.39. The lowest BCUT2D eigenvalue weighted by molar-refractivity contribution is -0.134. The molecule has 1 saturated carbocycles. The summed E-state index contributed by atoms with van der Waals surface area (Å²) in [5.74, 6) is -0.256. The maximum Gasteiger partial charge on any atom is 0.416 e. The molecule has 10 heteroatoms. The fourth-order valence-corrected chi connectivity index (χ4v) is 6.04. The third-order valence-electron chi connectivity index (χ3n) is 7.90. The summed E-state index contributed by atoms with van der Waals surface area (Å²) in [7, 11) is 1.25. The minimum atomic E-state index is -0.998. The van der Waals surface area contributed by atoms with Crippen LogP contribution in [0.25, 0.3) is 0 Å². The van der Waals surface area contributed by atoms with Crippen molar-refractivity contribution in [1.29, 1.82) is 5.41 Å². The molecular weight excluding hydrogens is 542 g/mol. The second-order valence-electron chi connectivity index (χ2n) is 11.4. The molecule has 1 aliphatic heterocycles. The van der Waals surface area contributed by atoms with Crippen molar-refractivity contribution in [3.63, 3.8) is 0 Å². The topological polar surface area (TPSA) is 129 Å². The Kier molecular flexibility index (Phi) is 9.71. The molecule has 0 radical (unpaired) electrons. The molecular formula is C31H40ClN5O4. The molecule has 3 atom stereocenters. The number of carbonyl (C=O) groups excluding carboxylic acids is 3. The van der Waals surface area contributed by atoms with E-state index in [0.29, 0.717) is 24.3 Å². The van der Waals surface area contributed by atoms with Gasteiger partial charge < -0.3 is 15.8 Å². The van der Waals surface area contributed by atoms with Crippen LogP contribution in [-0.2, 0) is 26.3 Å². The quantitative estimate of drug-likeness (QED) is 0.334. The summed E-state index contributed by atoms with van der Waals surface area (Å²) in [4.78, 5) is 42.9. The van der Waals surface area contributed by atoms with Gasteiger partial charge in [-0.2, -0.15) is 0 Å². The first-order valence-corrected chi connectivity index (χ1v) is 14.6. The Bertz CT molecular complexity index is 1270. The number of hydrogen-bond donors (Lipinski definition) is 3. The molecule has 0 aromatic heterocycles. The van der Waals surface area contributed by atoms with Crippen molar-refractivity contribution < 1.29 is 19.1 Å². The smallest absolute Gasteiger partial charge is 0.416 e. The summed E-state index contributed by atoms with van der Waals surface area (Å²) in [6.45, 7) is 4.40. The molecule has 4 N–H and O–H groups in total. The molecule has 2 fully saturated rings. The molecule has 41 heavy (non-hydrogen) atoms. The number of amides is 3. The summed E-state index contributed by atoms with van der Waals surface area (Å²) < 4.78 is 5.02. The highest BCUT2D eigenvalue weighted by Gasteiger charge is 2.51. The van der Waals surface area contributed by atoms with Gasteiger partial charge in [0.15, 0.2) is 5.96 Å². The van der Waals surface area contributed by atoms with Crippen LogP contribution in [0, 0.1) is 17.2 Å². The maximum atomic E-state index is 13.8. The van der Waals surface area contributed by atoms with Gasteiger partial charge in [-0.25, -0.2) is 9.69 Å². The SMILES string of the molecule is COC(=O)N(C(=O)[C@@H](N)Cc1ccccc1Cl)C(CCCN1C(=N)NC(CC(C)C)(c2ccccc2)C1=O)C1CC1. The van der Waals surface area contributed by atoms with Crippen LogP contribution < -0.4 is 11.1 Å². The van der Waals surface area contributed by atoms with Crippen molar-refractivity contribution >= 4 is 35.5 Å². The second-order valence-corrected chi connectivity index (χ2v) is 11.8. The normalized spacial score (nSPS) is 20.1. The number of halogens is 1. The lowest BCUT2D eigenvalue weighted by Gasteiger charge is -2.32. The average molecular weight is 582 g/mol. The van der Waals surface area contributed by atoms with Gasteiger partial charge in [-0.3, -0.25) is 19.9 Å². The molecule has 2 aromatic rings. The van der Waals surface area contributed by atoms with Crippen molar-refractivity contribution in [3.8, 4) is 0 Å². The first kappa shape index (κ1) is 30.5. The van der Waals surface area contributed by atoms with Gasteiger partial charge in [0.1, 0.15) is 5.54 Å². The molecule has 2 unspecified atom stereocenters. The first-order valence-electron chi connectivity index (χ1n) is 14.2. The minimum Gasteiger partial charge on any atom is -0.452 e. The van der Waals surface area contributed by atoms with E-state index in [1.807, 2.05) is 36.4 Å². The Labute approximate surface area is 246 Å². The van der Waals surface area contributed by atoms with E-state index in [4.69, 9.17) is 27.5 Å². The highest BCUT2D eigenvalue weighted by atomic mass is 35.5. The Morgan fingerprint density at radius 1 is 1.17 bits per heavy atom. The number of imide groups is 1. The van der Waals surface area contributed by atoms with Gasteiger partial charge in [0.2, 0.25) is 5.91 Å². The number of ether oxygens (including phenoxy) is 1. The largest absolute Gasteiger partial charge is 0.452 e. The average Bonchev–Trinajstić information content (AvgIpc) is 3.77. The van der Waals surface area contributed by atoms with Gasteiger partial charge in [0.05, 0.1) is 13.2 Å². The summed E-state index contributed by atoms with van der Waals surface area (Å²) in [6, 6.07) is 15.3. The van der Waals surface area contributed by atoms with Crippen LogP contribution in [0.4, 0.5) is 4.79 Å². The standard InChI is InChI=1S/C31H40ClN5O4/c1-20(2)19-31(23-11-5-4-6-12-23)28(39)36(29(34)35-31)17-9-14-26(21-15-16-21)37(30(40)41-3)27(38)25(33)18-22-10-7-8-13-24(22)32/h4-8,10-13,20-21,25-26H,9,14-19,33H2,1-3H3,(H2,34,35)/t25-,26?,31?/m0/s1. The molecule has 0 bridgehead atoms. The van der Waals surface area contributed by atoms with E-state index in [1.54, 1.807) is 18.2 Å². The molecule has 1 aliphatic carbocycles. The van der Waals surface area contributed by atoms with Crippen LogP contribution in [0.5, 0.6) is 0 Å². The van der Waals surface area contributed by atoms with E-state index in [-0.39, 0.29) is 36.7 Å². The Morgan fingerprint density at radius 2 is 1.83 bits per heavy atom. The minimum absolute atomic E-state index is 0.0603. The third-order valence-corrected chi connectivity index (χ3v) is 8.26. The lowest BCUT2D eigenvalue weighted by atomic mass is 9.82. The van der Waals surface area contributed by atoms with Gasteiger partial charge in [-0.1, -0.05) is 74.0 Å². The number of nitrogens with two attached hydrogens (primary N) is 1. The van der Waals surface area contributed by atoms with Gasteiger partial charge in [0, 0.05) is 17.6 Å². The summed E-state index contributed by atoms with van der Waals surface area (Å²) >= 11 is 6.28. The van der Waals surface area contributed by atoms with Crippen LogP contribution in [0.1, 0.15) is 57.1 Å². The Balaban J connectivity index is 1.48. The molecule has 0 spiro atoms. The zero-order valence-corrected chi connectivity index (χ0v) is 24.7. The van der Waals surface area contributed by atoms with Crippen LogP contribution >= 0.6 is 11.6 Å². The number of carbonyl (C=O) groups is 3. The lowest BCUT2D eigenvalue weighted by Crippen LogP contribution is -2.53. The van der Waals surface area contributed by atoms with Crippen molar-refractivity contribution in [1.82, 2.24) is 15.1 Å². The number of rotatable bonds is 12. The van der Waals surface area contributed by atoms with E-state index >= 15 is 0 Å². The molecule has 1 heterocycles. The van der Waals surface area contributed by atoms with E-state index in [1.165, 1.54) is 16.9 Å². The molecule has 220 valence electrons. The van der Waals surface area contributed by atoms with Crippen LogP contribution in [0.3, 0.4) is 0 Å². The highest BCUT2D eigenvalue weighted by molar-refractivity contribution is 6.31. The van der Waals surface area contributed by atoms with Crippen LogP contribution in [-0.4, -0.2) is 59.4 Å². The van der Waals surface area contributed by atoms with Crippen molar-refractivity contribution in [2.45, 2.75) is 70.0 Å². The van der Waals surface area contributed by atoms with E-state index in [9.17, 15) is 14.4 Å². The number of methoxy groups -OCH3 is 1.